The van der Waals surface area contributed by atoms with E-state index in [2.05, 4.69) is 37.9 Å². The average Bonchev–Trinajstić information content (AvgIpc) is 3.01. The molecule has 0 aliphatic rings. The summed E-state index contributed by atoms with van der Waals surface area (Å²) in [7, 11) is 1.60. The Morgan fingerprint density at radius 1 is 0.717 bits per heavy atom. The minimum atomic E-state index is -0.292. The summed E-state index contributed by atoms with van der Waals surface area (Å²) >= 11 is 6.99. The van der Waals surface area contributed by atoms with Crippen LogP contribution in [0.1, 0.15) is 103 Å². The molecule has 46 heavy (non-hydrogen) atoms. The summed E-state index contributed by atoms with van der Waals surface area (Å²) in [5, 5.41) is 14.3. The van der Waals surface area contributed by atoms with Gasteiger partial charge in [0.05, 0.1) is 25.7 Å². The Bertz CT molecular complexity index is 1530. The smallest absolute Gasteiger partial charge is 0.204 e. The average molecular weight is 765 g/mol. The number of halogens is 2. The molecule has 0 saturated carbocycles. The molecule has 1 aromatic heterocycles. The fraction of sp³-hybridized carbons (Fsp3) is 0.553. The lowest BCUT2D eigenvalue weighted by atomic mass is 9.98. The highest BCUT2D eigenvalue weighted by Gasteiger charge is 2.24. The van der Waals surface area contributed by atoms with Crippen LogP contribution >= 0.6 is 31.9 Å². The van der Waals surface area contributed by atoms with Crippen LogP contribution in [0.2, 0.25) is 0 Å². The quantitative estimate of drug-likeness (QED) is 0.0504. The maximum absolute atomic E-state index is 14.3. The Balaban J connectivity index is 2.10. The molecule has 0 unspecified atom stereocenters. The third kappa shape index (κ3) is 10.8. The zero-order valence-electron chi connectivity index (χ0n) is 28.4. The highest BCUT2D eigenvalue weighted by molar-refractivity contribution is 9.09. The number of rotatable bonds is 21. The minimum Gasteiger partial charge on any atom is -0.507 e. The fourth-order valence-electron chi connectivity index (χ4n) is 5.49. The van der Waals surface area contributed by atoms with Crippen LogP contribution < -0.4 is 19.6 Å². The van der Waals surface area contributed by atoms with Gasteiger partial charge in [0.1, 0.15) is 28.1 Å². The van der Waals surface area contributed by atoms with E-state index in [0.29, 0.717) is 71.0 Å². The van der Waals surface area contributed by atoms with Gasteiger partial charge in [-0.3, -0.25) is 4.79 Å². The predicted molar refractivity (Wildman–Crippen MR) is 199 cm³/mol. The van der Waals surface area contributed by atoms with Crippen LogP contribution in [0.15, 0.2) is 44.6 Å². The number of allylic oxidation sites excluding steroid dienone is 4. The lowest BCUT2D eigenvalue weighted by Crippen LogP contribution is -2.10. The molecular formula is C38H52Br2O6. The molecule has 0 aliphatic heterocycles. The van der Waals surface area contributed by atoms with Crippen molar-refractivity contribution in [1.29, 1.82) is 0 Å². The number of hydrogen-bond acceptors (Lipinski definition) is 6. The Morgan fingerprint density at radius 3 is 1.74 bits per heavy atom. The molecule has 254 valence electrons. The standard InChI is InChI=1S/C38H52Br2O6/c1-26(2)16-18-28-30(44-22-14-10-6-8-12-20-39)24-32-35(36(28)41)37(42)34-29(19-17-27(3)4)38(43-5)33(25-31(34)46-32)45-23-15-11-7-9-13-21-40/h16-17,24-25,41H,6-15,18-23H2,1-5H3. The molecule has 0 saturated heterocycles. The van der Waals surface area contributed by atoms with E-state index < -0.39 is 0 Å². The topological polar surface area (TPSA) is 78.1 Å². The van der Waals surface area contributed by atoms with Crippen molar-refractivity contribution < 1.29 is 23.7 Å². The Labute approximate surface area is 291 Å². The van der Waals surface area contributed by atoms with Crippen LogP contribution in [-0.2, 0) is 12.8 Å². The van der Waals surface area contributed by atoms with Gasteiger partial charge in [0.15, 0.2) is 11.5 Å². The number of methoxy groups -OCH3 is 1. The summed E-state index contributed by atoms with van der Waals surface area (Å²) in [6, 6.07) is 3.52. The van der Waals surface area contributed by atoms with Crippen molar-refractivity contribution in [3.05, 3.63) is 56.8 Å². The number of hydrogen-bond donors (Lipinski definition) is 1. The highest BCUT2D eigenvalue weighted by atomic mass is 79.9. The van der Waals surface area contributed by atoms with Gasteiger partial charge in [-0.05, 0) is 66.2 Å². The van der Waals surface area contributed by atoms with Crippen LogP contribution in [-0.4, -0.2) is 36.1 Å². The predicted octanol–water partition coefficient (Wildman–Crippen LogP) is 11.1. The van der Waals surface area contributed by atoms with E-state index in [9.17, 15) is 9.90 Å². The second-order valence-electron chi connectivity index (χ2n) is 12.3. The first-order valence-corrected chi connectivity index (χ1v) is 19.0. The number of benzene rings is 2. The summed E-state index contributed by atoms with van der Waals surface area (Å²) in [5.74, 6) is 1.53. The SMILES string of the molecule is COc1c(OCCCCCCCBr)cc2oc3cc(OCCCCCCCBr)c(CC=C(C)C)c(O)c3c(=O)c2c1CC=C(C)C. The van der Waals surface area contributed by atoms with E-state index in [4.69, 9.17) is 18.6 Å². The van der Waals surface area contributed by atoms with Crippen LogP contribution in [0, 0.1) is 0 Å². The van der Waals surface area contributed by atoms with E-state index in [0.717, 1.165) is 60.3 Å². The Hall–Kier alpha value is -2.45. The van der Waals surface area contributed by atoms with Crippen LogP contribution in [0.3, 0.4) is 0 Å². The van der Waals surface area contributed by atoms with Gasteiger partial charge in [-0.2, -0.15) is 0 Å². The van der Waals surface area contributed by atoms with Crippen LogP contribution in [0.5, 0.6) is 23.0 Å². The van der Waals surface area contributed by atoms with E-state index >= 15 is 0 Å². The minimum absolute atomic E-state index is 0.0923. The van der Waals surface area contributed by atoms with E-state index in [1.165, 1.54) is 25.7 Å². The van der Waals surface area contributed by atoms with Gasteiger partial charge in [-0.15, -0.1) is 0 Å². The molecule has 0 radical (unpaired) electrons. The number of ether oxygens (including phenoxy) is 3. The highest BCUT2D eigenvalue weighted by Crippen LogP contribution is 2.41. The third-order valence-electron chi connectivity index (χ3n) is 8.02. The summed E-state index contributed by atoms with van der Waals surface area (Å²) < 4.78 is 24.8. The molecule has 2 aromatic carbocycles. The van der Waals surface area contributed by atoms with Gasteiger partial charge in [0.2, 0.25) is 5.43 Å². The maximum Gasteiger partial charge on any atom is 0.204 e. The van der Waals surface area contributed by atoms with Crippen molar-refractivity contribution in [1.82, 2.24) is 0 Å². The van der Waals surface area contributed by atoms with Crippen LogP contribution in [0.4, 0.5) is 0 Å². The summed E-state index contributed by atoms with van der Waals surface area (Å²) in [5.41, 5.74) is 3.91. The van der Waals surface area contributed by atoms with Crippen LogP contribution in [0.25, 0.3) is 21.9 Å². The molecule has 0 aliphatic carbocycles. The third-order valence-corrected chi connectivity index (χ3v) is 9.14. The molecule has 0 spiro atoms. The number of phenols is 1. The first kappa shape index (κ1) is 38.0. The van der Waals surface area contributed by atoms with Gasteiger partial charge in [-0.25, -0.2) is 0 Å². The largest absolute Gasteiger partial charge is 0.507 e. The van der Waals surface area contributed by atoms with Gasteiger partial charge in [0.25, 0.3) is 0 Å². The fourth-order valence-corrected chi connectivity index (χ4v) is 6.28. The summed E-state index contributed by atoms with van der Waals surface area (Å²) in [4.78, 5) is 14.3. The zero-order valence-corrected chi connectivity index (χ0v) is 31.5. The van der Waals surface area contributed by atoms with E-state index in [1.54, 1.807) is 19.2 Å². The number of aromatic hydroxyl groups is 1. The van der Waals surface area contributed by atoms with E-state index in [1.807, 2.05) is 33.8 Å². The molecule has 6 nitrogen and oxygen atoms in total. The number of unbranched alkanes of at least 4 members (excludes halogenated alkanes) is 8. The normalized spacial score (nSPS) is 11.2. The second-order valence-corrected chi connectivity index (χ2v) is 13.9. The molecular weight excluding hydrogens is 712 g/mol. The van der Waals surface area contributed by atoms with Crippen molar-refractivity contribution in [3.8, 4) is 23.0 Å². The lowest BCUT2D eigenvalue weighted by Gasteiger charge is -2.18. The molecule has 3 aromatic rings. The van der Waals surface area contributed by atoms with Gasteiger partial charge < -0.3 is 23.7 Å². The molecule has 8 heteroatoms. The van der Waals surface area contributed by atoms with Gasteiger partial charge >= 0.3 is 0 Å². The maximum atomic E-state index is 14.3. The van der Waals surface area contributed by atoms with Gasteiger partial charge in [-0.1, -0.05) is 93.7 Å². The number of alkyl halides is 2. The monoisotopic (exact) mass is 762 g/mol. The zero-order chi connectivity index (χ0) is 33.5. The molecule has 3 rings (SSSR count). The van der Waals surface area contributed by atoms with Crippen molar-refractivity contribution >= 4 is 53.8 Å². The first-order chi connectivity index (χ1) is 22.2. The number of phenolic OH excluding ortho intramolecular Hbond substituents is 1. The van der Waals surface area contributed by atoms with Crippen molar-refractivity contribution in [2.24, 2.45) is 0 Å². The second kappa shape index (κ2) is 20.0. The summed E-state index contributed by atoms with van der Waals surface area (Å²) in [6.45, 7) is 9.14. The Kier molecular flexibility index (Phi) is 16.6. The summed E-state index contributed by atoms with van der Waals surface area (Å²) in [6.07, 6.45) is 16.1. The first-order valence-electron chi connectivity index (χ1n) is 16.7. The number of fused-ring (bicyclic) bond motifs is 2. The molecule has 1 N–H and O–H groups in total. The van der Waals surface area contributed by atoms with Crippen molar-refractivity contribution in [2.75, 3.05) is 31.0 Å². The molecule has 1 heterocycles. The molecule has 0 bridgehead atoms. The molecule has 0 amide bonds. The lowest BCUT2D eigenvalue weighted by molar-refractivity contribution is 0.284. The Morgan fingerprint density at radius 2 is 1.20 bits per heavy atom. The molecule has 0 fully saturated rings. The van der Waals surface area contributed by atoms with Crippen molar-refractivity contribution in [3.63, 3.8) is 0 Å². The van der Waals surface area contributed by atoms with E-state index in [-0.39, 0.29) is 16.6 Å². The van der Waals surface area contributed by atoms with Crippen molar-refractivity contribution in [2.45, 2.75) is 105 Å². The van der Waals surface area contributed by atoms with Gasteiger partial charge in [0, 0.05) is 33.9 Å². The molecule has 0 atom stereocenters.